The van der Waals surface area contributed by atoms with E-state index in [0.29, 0.717) is 19.5 Å². The van der Waals surface area contributed by atoms with Crippen molar-refractivity contribution < 1.29 is 8.78 Å². The van der Waals surface area contributed by atoms with E-state index in [9.17, 15) is 8.78 Å². The summed E-state index contributed by atoms with van der Waals surface area (Å²) in [4.78, 5) is 2.01. The van der Waals surface area contributed by atoms with E-state index in [2.05, 4.69) is 0 Å². The first-order valence-corrected chi connectivity index (χ1v) is 4.44. The average molecular weight is 215 g/mol. The van der Waals surface area contributed by atoms with Gasteiger partial charge in [-0.1, -0.05) is 0 Å². The first-order chi connectivity index (χ1) is 5.64. The molecule has 80 valence electrons. The number of nitrogens with two attached hydrogens (primary N) is 1. The standard InChI is InChI=1S/C8H16F2N2.ClH/c9-8(10)2-1-5-12(6-3-8)7-4-11;/h1-7,11H2;1H. The van der Waals surface area contributed by atoms with Crippen molar-refractivity contribution >= 4 is 12.4 Å². The second kappa shape index (κ2) is 5.73. The van der Waals surface area contributed by atoms with Gasteiger partial charge in [0.1, 0.15) is 0 Å². The zero-order chi connectivity index (χ0) is 9.03. The highest BCUT2D eigenvalue weighted by Gasteiger charge is 2.31. The third kappa shape index (κ3) is 4.74. The van der Waals surface area contributed by atoms with Gasteiger partial charge in [0.15, 0.2) is 0 Å². The fourth-order valence-corrected chi connectivity index (χ4v) is 1.53. The number of halogens is 3. The molecule has 1 aliphatic heterocycles. The second-order valence-corrected chi connectivity index (χ2v) is 3.34. The van der Waals surface area contributed by atoms with Gasteiger partial charge in [0, 0.05) is 32.5 Å². The minimum absolute atomic E-state index is 0. The van der Waals surface area contributed by atoms with Gasteiger partial charge in [-0.3, -0.25) is 0 Å². The van der Waals surface area contributed by atoms with Gasteiger partial charge in [-0.05, 0) is 13.0 Å². The molecule has 0 saturated carbocycles. The molecule has 0 aromatic heterocycles. The highest BCUT2D eigenvalue weighted by atomic mass is 35.5. The van der Waals surface area contributed by atoms with Crippen LogP contribution in [0.5, 0.6) is 0 Å². The lowest BCUT2D eigenvalue weighted by Gasteiger charge is -2.18. The third-order valence-corrected chi connectivity index (χ3v) is 2.26. The monoisotopic (exact) mass is 214 g/mol. The molecule has 2 N–H and O–H groups in total. The molecule has 0 spiro atoms. The molecular weight excluding hydrogens is 198 g/mol. The summed E-state index contributed by atoms with van der Waals surface area (Å²) in [5.41, 5.74) is 5.35. The predicted octanol–water partition coefficient (Wildman–Crippen LogP) is 1.49. The van der Waals surface area contributed by atoms with Crippen LogP contribution in [0, 0.1) is 0 Å². The molecule has 13 heavy (non-hydrogen) atoms. The zero-order valence-corrected chi connectivity index (χ0v) is 8.45. The lowest BCUT2D eigenvalue weighted by Crippen LogP contribution is -2.31. The van der Waals surface area contributed by atoms with Crippen molar-refractivity contribution in [1.29, 1.82) is 0 Å². The number of nitrogens with zero attached hydrogens (tertiary/aromatic N) is 1. The molecule has 1 rings (SSSR count). The molecule has 1 aliphatic rings. The number of likely N-dealkylation sites (tertiary alicyclic amines) is 1. The maximum absolute atomic E-state index is 12.8. The number of hydrogen-bond acceptors (Lipinski definition) is 2. The minimum atomic E-state index is -2.44. The van der Waals surface area contributed by atoms with E-state index >= 15 is 0 Å². The molecular formula is C8H17ClF2N2. The maximum atomic E-state index is 12.8. The molecule has 0 atom stereocenters. The smallest absolute Gasteiger partial charge is 0.249 e. The third-order valence-electron chi connectivity index (χ3n) is 2.26. The van der Waals surface area contributed by atoms with Crippen LogP contribution in [-0.4, -0.2) is 37.0 Å². The van der Waals surface area contributed by atoms with Crippen LogP contribution in [0.1, 0.15) is 19.3 Å². The van der Waals surface area contributed by atoms with Crippen molar-refractivity contribution in [2.75, 3.05) is 26.2 Å². The molecule has 1 saturated heterocycles. The van der Waals surface area contributed by atoms with Crippen LogP contribution in [0.2, 0.25) is 0 Å². The molecule has 2 nitrogen and oxygen atoms in total. The van der Waals surface area contributed by atoms with E-state index in [1.807, 2.05) is 4.90 Å². The predicted molar refractivity (Wildman–Crippen MR) is 51.5 cm³/mol. The van der Waals surface area contributed by atoms with E-state index < -0.39 is 5.92 Å². The van der Waals surface area contributed by atoms with Crippen LogP contribution in [-0.2, 0) is 0 Å². The summed E-state index contributed by atoms with van der Waals surface area (Å²) in [6.07, 6.45) is 0.619. The Morgan fingerprint density at radius 1 is 1.23 bits per heavy atom. The fraction of sp³-hybridized carbons (Fsp3) is 1.00. The van der Waals surface area contributed by atoms with Crippen LogP contribution >= 0.6 is 12.4 Å². The Hall–Kier alpha value is 0.0700. The fourth-order valence-electron chi connectivity index (χ4n) is 1.53. The minimum Gasteiger partial charge on any atom is -0.329 e. The molecule has 0 unspecified atom stereocenters. The van der Waals surface area contributed by atoms with Crippen molar-refractivity contribution in [3.63, 3.8) is 0 Å². The summed E-state index contributed by atoms with van der Waals surface area (Å²) >= 11 is 0. The van der Waals surface area contributed by atoms with Gasteiger partial charge in [-0.25, -0.2) is 8.78 Å². The number of hydrogen-bond donors (Lipinski definition) is 1. The summed E-state index contributed by atoms with van der Waals surface area (Å²) in [5.74, 6) is -2.44. The van der Waals surface area contributed by atoms with E-state index in [1.54, 1.807) is 0 Å². The summed E-state index contributed by atoms with van der Waals surface area (Å²) in [5, 5.41) is 0. The molecule has 0 amide bonds. The van der Waals surface area contributed by atoms with Gasteiger partial charge in [0.05, 0.1) is 0 Å². The largest absolute Gasteiger partial charge is 0.329 e. The first kappa shape index (κ1) is 13.1. The molecule has 0 radical (unpaired) electrons. The van der Waals surface area contributed by atoms with Gasteiger partial charge < -0.3 is 10.6 Å². The SMILES string of the molecule is Cl.NCCN1CCCC(F)(F)CC1. The Morgan fingerprint density at radius 2 is 1.92 bits per heavy atom. The van der Waals surface area contributed by atoms with Crippen molar-refractivity contribution in [3.05, 3.63) is 0 Å². The zero-order valence-electron chi connectivity index (χ0n) is 7.64. The quantitative estimate of drug-likeness (QED) is 0.755. The molecule has 0 aliphatic carbocycles. The summed E-state index contributed by atoms with van der Waals surface area (Å²) < 4.78 is 25.6. The van der Waals surface area contributed by atoms with Crippen LogP contribution < -0.4 is 5.73 Å². The lowest BCUT2D eigenvalue weighted by atomic mass is 10.1. The summed E-state index contributed by atoms with van der Waals surface area (Å²) in [6.45, 7) is 2.57. The van der Waals surface area contributed by atoms with Gasteiger partial charge in [-0.2, -0.15) is 0 Å². The first-order valence-electron chi connectivity index (χ1n) is 4.44. The van der Waals surface area contributed by atoms with E-state index in [0.717, 1.165) is 13.1 Å². The van der Waals surface area contributed by atoms with Crippen LogP contribution in [0.4, 0.5) is 8.78 Å². The van der Waals surface area contributed by atoms with Gasteiger partial charge in [-0.15, -0.1) is 12.4 Å². The van der Waals surface area contributed by atoms with Crippen LogP contribution in [0.25, 0.3) is 0 Å². The molecule has 1 heterocycles. The summed E-state index contributed by atoms with van der Waals surface area (Å²) in [7, 11) is 0. The van der Waals surface area contributed by atoms with Gasteiger partial charge in [0.25, 0.3) is 0 Å². The van der Waals surface area contributed by atoms with Gasteiger partial charge >= 0.3 is 0 Å². The van der Waals surface area contributed by atoms with E-state index in [1.165, 1.54) is 0 Å². The normalized spacial score (nSPS) is 23.3. The Morgan fingerprint density at radius 3 is 2.54 bits per heavy atom. The van der Waals surface area contributed by atoms with Crippen LogP contribution in [0.15, 0.2) is 0 Å². The molecule has 1 fully saturated rings. The summed E-state index contributed by atoms with van der Waals surface area (Å²) in [6, 6.07) is 0. The maximum Gasteiger partial charge on any atom is 0.249 e. The Balaban J connectivity index is 0.00000144. The number of alkyl halides is 2. The van der Waals surface area contributed by atoms with Crippen molar-refractivity contribution in [2.45, 2.75) is 25.2 Å². The van der Waals surface area contributed by atoms with E-state index in [4.69, 9.17) is 5.73 Å². The van der Waals surface area contributed by atoms with Crippen molar-refractivity contribution in [3.8, 4) is 0 Å². The van der Waals surface area contributed by atoms with Crippen molar-refractivity contribution in [1.82, 2.24) is 4.90 Å². The number of rotatable bonds is 2. The van der Waals surface area contributed by atoms with Crippen molar-refractivity contribution in [2.24, 2.45) is 5.73 Å². The molecule has 0 aromatic rings. The average Bonchev–Trinajstić information content (AvgIpc) is 2.14. The molecule has 0 aromatic carbocycles. The molecule has 5 heteroatoms. The highest BCUT2D eigenvalue weighted by molar-refractivity contribution is 5.85. The topological polar surface area (TPSA) is 29.3 Å². The molecule has 0 bridgehead atoms. The lowest BCUT2D eigenvalue weighted by molar-refractivity contribution is -0.0129. The Kier molecular flexibility index (Phi) is 5.76. The highest BCUT2D eigenvalue weighted by Crippen LogP contribution is 2.27. The second-order valence-electron chi connectivity index (χ2n) is 3.34. The van der Waals surface area contributed by atoms with Gasteiger partial charge in [0.2, 0.25) is 5.92 Å². The van der Waals surface area contributed by atoms with Crippen LogP contribution in [0.3, 0.4) is 0 Å². The Labute approximate surface area is 83.9 Å². The van der Waals surface area contributed by atoms with E-state index in [-0.39, 0.29) is 25.2 Å². The Bertz CT molecular complexity index is 144.